The highest BCUT2D eigenvalue weighted by molar-refractivity contribution is 9.10. The molecule has 0 amide bonds. The number of aromatic nitrogens is 1. The van der Waals surface area contributed by atoms with Crippen molar-refractivity contribution in [2.24, 2.45) is 0 Å². The second-order valence-electron chi connectivity index (χ2n) is 3.75. The van der Waals surface area contributed by atoms with Gasteiger partial charge >= 0.3 is 0 Å². The van der Waals surface area contributed by atoms with Crippen molar-refractivity contribution in [3.8, 4) is 0 Å². The SMILES string of the molecule is OC(Cc1ccccc1F)c1cncc(Br)c1. The Morgan fingerprint density at radius 3 is 2.76 bits per heavy atom. The molecule has 0 aliphatic rings. The summed E-state index contributed by atoms with van der Waals surface area (Å²) in [5, 5.41) is 10.00. The molecule has 0 aliphatic heterocycles. The van der Waals surface area contributed by atoms with Gasteiger partial charge in [-0.15, -0.1) is 0 Å². The van der Waals surface area contributed by atoms with Crippen molar-refractivity contribution in [2.45, 2.75) is 12.5 Å². The Morgan fingerprint density at radius 2 is 2.06 bits per heavy atom. The van der Waals surface area contributed by atoms with E-state index in [1.165, 1.54) is 6.07 Å². The third-order valence-corrected chi connectivity index (χ3v) is 2.92. The minimum absolute atomic E-state index is 0.241. The van der Waals surface area contributed by atoms with E-state index in [0.29, 0.717) is 11.1 Å². The van der Waals surface area contributed by atoms with Crippen molar-refractivity contribution < 1.29 is 9.50 Å². The summed E-state index contributed by atoms with van der Waals surface area (Å²) in [6.07, 6.45) is 2.71. The van der Waals surface area contributed by atoms with Crippen molar-refractivity contribution in [3.05, 3.63) is 64.1 Å². The van der Waals surface area contributed by atoms with Gasteiger partial charge < -0.3 is 5.11 Å². The molecule has 1 heterocycles. The lowest BCUT2D eigenvalue weighted by atomic mass is 10.0. The molecule has 0 saturated carbocycles. The maximum atomic E-state index is 13.4. The van der Waals surface area contributed by atoms with Crippen molar-refractivity contribution in [2.75, 3.05) is 0 Å². The van der Waals surface area contributed by atoms with E-state index in [4.69, 9.17) is 0 Å². The van der Waals surface area contributed by atoms with Crippen molar-refractivity contribution >= 4 is 15.9 Å². The highest BCUT2D eigenvalue weighted by Crippen LogP contribution is 2.21. The van der Waals surface area contributed by atoms with Crippen LogP contribution in [0.15, 0.2) is 47.2 Å². The fraction of sp³-hybridized carbons (Fsp3) is 0.154. The van der Waals surface area contributed by atoms with E-state index in [0.717, 1.165) is 4.47 Å². The van der Waals surface area contributed by atoms with Crippen LogP contribution in [-0.2, 0) is 6.42 Å². The summed E-state index contributed by atoms with van der Waals surface area (Å²) in [4.78, 5) is 3.97. The number of nitrogens with zero attached hydrogens (tertiary/aromatic N) is 1. The van der Waals surface area contributed by atoms with Gasteiger partial charge in [0.25, 0.3) is 0 Å². The Bertz CT molecular complexity index is 518. The van der Waals surface area contributed by atoms with Crippen LogP contribution in [0.5, 0.6) is 0 Å². The Kier molecular flexibility index (Phi) is 3.86. The molecule has 4 heteroatoms. The molecule has 0 aliphatic carbocycles. The Labute approximate surface area is 107 Å². The van der Waals surface area contributed by atoms with Gasteiger partial charge in [0.2, 0.25) is 0 Å². The van der Waals surface area contributed by atoms with Gasteiger partial charge in [-0.25, -0.2) is 4.39 Å². The first-order chi connectivity index (χ1) is 8.16. The zero-order valence-electron chi connectivity index (χ0n) is 8.98. The van der Waals surface area contributed by atoms with Gasteiger partial charge in [-0.3, -0.25) is 4.98 Å². The summed E-state index contributed by atoms with van der Waals surface area (Å²) in [7, 11) is 0. The molecule has 1 atom stereocenters. The van der Waals surface area contributed by atoms with E-state index in [9.17, 15) is 9.50 Å². The van der Waals surface area contributed by atoms with E-state index in [-0.39, 0.29) is 12.2 Å². The molecular formula is C13H11BrFNO. The number of hydrogen-bond acceptors (Lipinski definition) is 2. The lowest BCUT2D eigenvalue weighted by Gasteiger charge is -2.11. The van der Waals surface area contributed by atoms with Crippen LogP contribution >= 0.6 is 15.9 Å². The van der Waals surface area contributed by atoms with Gasteiger partial charge in [0.15, 0.2) is 0 Å². The van der Waals surface area contributed by atoms with Gasteiger partial charge in [0.1, 0.15) is 5.82 Å². The van der Waals surface area contributed by atoms with Crippen LogP contribution in [0.4, 0.5) is 4.39 Å². The maximum absolute atomic E-state index is 13.4. The molecule has 0 saturated heterocycles. The van der Waals surface area contributed by atoms with E-state index >= 15 is 0 Å². The average molecular weight is 296 g/mol. The molecule has 2 aromatic rings. The van der Waals surface area contributed by atoms with Gasteiger partial charge in [-0.1, -0.05) is 18.2 Å². The molecule has 1 unspecified atom stereocenters. The number of pyridine rings is 1. The molecule has 0 radical (unpaired) electrons. The van der Waals surface area contributed by atoms with E-state index in [2.05, 4.69) is 20.9 Å². The highest BCUT2D eigenvalue weighted by Gasteiger charge is 2.11. The minimum Gasteiger partial charge on any atom is -0.388 e. The smallest absolute Gasteiger partial charge is 0.126 e. The minimum atomic E-state index is -0.753. The van der Waals surface area contributed by atoms with Crippen LogP contribution in [-0.4, -0.2) is 10.1 Å². The molecule has 0 fully saturated rings. The first-order valence-corrected chi connectivity index (χ1v) is 5.98. The lowest BCUT2D eigenvalue weighted by molar-refractivity contribution is 0.176. The van der Waals surface area contributed by atoms with E-state index in [1.807, 2.05) is 0 Å². The second kappa shape index (κ2) is 5.38. The normalized spacial score (nSPS) is 12.4. The third kappa shape index (κ3) is 3.11. The summed E-state index contributed by atoms with van der Waals surface area (Å²) >= 11 is 3.28. The zero-order chi connectivity index (χ0) is 12.3. The van der Waals surface area contributed by atoms with Crippen molar-refractivity contribution in [3.63, 3.8) is 0 Å². The zero-order valence-corrected chi connectivity index (χ0v) is 10.6. The summed E-state index contributed by atoms with van der Waals surface area (Å²) in [6.45, 7) is 0. The fourth-order valence-corrected chi connectivity index (χ4v) is 1.98. The monoisotopic (exact) mass is 295 g/mol. The van der Waals surface area contributed by atoms with E-state index < -0.39 is 6.10 Å². The van der Waals surface area contributed by atoms with E-state index in [1.54, 1.807) is 36.7 Å². The van der Waals surface area contributed by atoms with Crippen LogP contribution in [0.2, 0.25) is 0 Å². The molecule has 1 aromatic heterocycles. The third-order valence-electron chi connectivity index (χ3n) is 2.48. The molecule has 17 heavy (non-hydrogen) atoms. The van der Waals surface area contributed by atoms with Crippen molar-refractivity contribution in [1.29, 1.82) is 0 Å². The topological polar surface area (TPSA) is 33.1 Å². The molecule has 0 bridgehead atoms. The van der Waals surface area contributed by atoms with Crippen LogP contribution in [0, 0.1) is 5.82 Å². The van der Waals surface area contributed by atoms with Crippen LogP contribution in [0.1, 0.15) is 17.2 Å². The van der Waals surface area contributed by atoms with Gasteiger partial charge in [0, 0.05) is 28.9 Å². The molecule has 1 aromatic carbocycles. The quantitative estimate of drug-likeness (QED) is 0.943. The Hall–Kier alpha value is -1.26. The highest BCUT2D eigenvalue weighted by atomic mass is 79.9. The first kappa shape index (κ1) is 12.2. The van der Waals surface area contributed by atoms with Crippen LogP contribution in [0.25, 0.3) is 0 Å². The predicted molar refractivity (Wildman–Crippen MR) is 67.0 cm³/mol. The second-order valence-corrected chi connectivity index (χ2v) is 4.66. The first-order valence-electron chi connectivity index (χ1n) is 5.19. The molecule has 88 valence electrons. The largest absolute Gasteiger partial charge is 0.388 e. The lowest BCUT2D eigenvalue weighted by Crippen LogP contribution is -2.03. The predicted octanol–water partition coefficient (Wildman–Crippen LogP) is 3.26. The number of rotatable bonds is 3. The number of aliphatic hydroxyl groups is 1. The summed E-state index contributed by atoms with van der Waals surface area (Å²) < 4.78 is 14.2. The van der Waals surface area contributed by atoms with Gasteiger partial charge in [-0.05, 0) is 33.6 Å². The molecule has 2 rings (SSSR count). The van der Waals surface area contributed by atoms with Crippen LogP contribution < -0.4 is 0 Å². The van der Waals surface area contributed by atoms with Crippen molar-refractivity contribution in [1.82, 2.24) is 4.98 Å². The molecule has 0 spiro atoms. The molecular weight excluding hydrogens is 285 g/mol. The Morgan fingerprint density at radius 1 is 1.29 bits per heavy atom. The number of halogens is 2. The summed E-state index contributed by atoms with van der Waals surface area (Å²) in [6, 6.07) is 8.22. The number of aliphatic hydroxyl groups excluding tert-OH is 1. The van der Waals surface area contributed by atoms with Gasteiger partial charge in [-0.2, -0.15) is 0 Å². The maximum Gasteiger partial charge on any atom is 0.126 e. The number of benzene rings is 1. The summed E-state index contributed by atoms with van der Waals surface area (Å²) in [5.74, 6) is -0.297. The standard InChI is InChI=1S/C13H11BrFNO/c14-11-5-10(7-16-8-11)13(17)6-9-3-1-2-4-12(9)15/h1-5,7-8,13,17H,6H2. The molecule has 1 N–H and O–H groups in total. The fourth-order valence-electron chi connectivity index (χ4n) is 1.60. The molecule has 2 nitrogen and oxygen atoms in total. The average Bonchev–Trinajstić information content (AvgIpc) is 2.32. The Balaban J connectivity index is 2.17. The van der Waals surface area contributed by atoms with Gasteiger partial charge in [0.05, 0.1) is 6.10 Å². The van der Waals surface area contributed by atoms with Crippen LogP contribution in [0.3, 0.4) is 0 Å². The number of hydrogen-bond donors (Lipinski definition) is 1. The summed E-state index contributed by atoms with van der Waals surface area (Å²) in [5.41, 5.74) is 1.17.